The fourth-order valence-corrected chi connectivity index (χ4v) is 4.33. The predicted molar refractivity (Wildman–Crippen MR) is 106 cm³/mol. The van der Waals surface area contributed by atoms with Crippen LogP contribution in [0.1, 0.15) is 53.9 Å². The molecule has 0 aliphatic carbocycles. The minimum atomic E-state index is 0.381. The van der Waals surface area contributed by atoms with E-state index in [9.17, 15) is 0 Å². The van der Waals surface area contributed by atoms with Gasteiger partial charge < -0.3 is 15.0 Å². The maximum atomic E-state index is 5.68. The Balaban J connectivity index is 2.04. The molecule has 2 saturated heterocycles. The molecule has 25 heavy (non-hydrogen) atoms. The number of rotatable bonds is 8. The lowest BCUT2D eigenvalue weighted by Gasteiger charge is -2.31. The molecule has 2 atom stereocenters. The Hall–Kier alpha value is -0.810. The van der Waals surface area contributed by atoms with Crippen molar-refractivity contribution in [3.63, 3.8) is 0 Å². The number of nitrogens with zero attached hydrogens (tertiary/aromatic N) is 3. The Labute approximate surface area is 155 Å². The monoisotopic (exact) mass is 352 g/mol. The van der Waals surface area contributed by atoms with Gasteiger partial charge in [-0.25, -0.2) is 0 Å². The largest absolute Gasteiger partial charge is 0.381 e. The molecule has 5 heteroatoms. The van der Waals surface area contributed by atoms with Gasteiger partial charge in [-0.3, -0.25) is 9.89 Å². The van der Waals surface area contributed by atoms with Crippen LogP contribution in [0, 0.1) is 11.3 Å². The fraction of sp³-hybridized carbons (Fsp3) is 0.950. The van der Waals surface area contributed by atoms with Crippen LogP contribution in [-0.4, -0.2) is 74.3 Å². The van der Waals surface area contributed by atoms with Gasteiger partial charge in [-0.2, -0.15) is 0 Å². The molecule has 2 heterocycles. The number of hydrogen-bond acceptors (Lipinski definition) is 3. The molecule has 5 nitrogen and oxygen atoms in total. The molecule has 2 aliphatic heterocycles. The maximum Gasteiger partial charge on any atom is 0.193 e. The van der Waals surface area contributed by atoms with Crippen molar-refractivity contribution in [2.24, 2.45) is 16.3 Å². The molecule has 0 amide bonds. The van der Waals surface area contributed by atoms with Gasteiger partial charge >= 0.3 is 0 Å². The summed E-state index contributed by atoms with van der Waals surface area (Å²) in [6, 6.07) is 0.537. The van der Waals surface area contributed by atoms with E-state index in [2.05, 4.69) is 49.7 Å². The first-order valence-corrected chi connectivity index (χ1v) is 10.4. The quantitative estimate of drug-likeness (QED) is 0.539. The number of hydrogen-bond donors (Lipinski definition) is 1. The van der Waals surface area contributed by atoms with E-state index in [1.165, 1.54) is 19.3 Å². The third-order valence-electron chi connectivity index (χ3n) is 5.78. The number of nitrogens with one attached hydrogen (secondary N) is 1. The molecule has 2 unspecified atom stereocenters. The number of guanidine groups is 1. The van der Waals surface area contributed by atoms with Gasteiger partial charge in [-0.05, 0) is 45.2 Å². The van der Waals surface area contributed by atoms with Crippen LogP contribution in [0.15, 0.2) is 4.99 Å². The van der Waals surface area contributed by atoms with E-state index in [1.807, 2.05) is 0 Å². The molecule has 0 aromatic carbocycles. The minimum Gasteiger partial charge on any atom is -0.381 e. The van der Waals surface area contributed by atoms with E-state index in [4.69, 9.17) is 9.73 Å². The molecule has 0 aromatic heterocycles. The third kappa shape index (κ3) is 5.58. The van der Waals surface area contributed by atoms with Gasteiger partial charge in [-0.15, -0.1) is 0 Å². The molecule has 2 fully saturated rings. The zero-order valence-electron chi connectivity index (χ0n) is 17.2. The van der Waals surface area contributed by atoms with E-state index in [0.29, 0.717) is 17.4 Å². The predicted octanol–water partition coefficient (Wildman–Crippen LogP) is 2.82. The van der Waals surface area contributed by atoms with Crippen LogP contribution in [0.5, 0.6) is 0 Å². The van der Waals surface area contributed by atoms with Crippen molar-refractivity contribution in [2.75, 3.05) is 52.5 Å². The summed E-state index contributed by atoms with van der Waals surface area (Å²) < 4.78 is 5.68. The van der Waals surface area contributed by atoms with Crippen molar-refractivity contribution in [1.82, 2.24) is 15.1 Å². The van der Waals surface area contributed by atoms with Crippen LogP contribution in [0.4, 0.5) is 0 Å². The third-order valence-corrected chi connectivity index (χ3v) is 5.78. The van der Waals surface area contributed by atoms with Gasteiger partial charge in [0, 0.05) is 37.7 Å². The zero-order valence-corrected chi connectivity index (χ0v) is 17.2. The first-order valence-electron chi connectivity index (χ1n) is 10.4. The van der Waals surface area contributed by atoms with Gasteiger partial charge in [0.25, 0.3) is 0 Å². The Morgan fingerprint density at radius 2 is 2.00 bits per heavy atom. The molecule has 1 spiro atoms. The van der Waals surface area contributed by atoms with E-state index < -0.39 is 0 Å². The SMILES string of the molecule is CCNC(=NCC(CC(C)C)N(CC)CC)N1CCC2(CCOC2)C1. The maximum absolute atomic E-state index is 5.68. The molecule has 0 bridgehead atoms. The van der Waals surface area contributed by atoms with Crippen molar-refractivity contribution in [1.29, 1.82) is 0 Å². The molecule has 1 N–H and O–H groups in total. The summed E-state index contributed by atoms with van der Waals surface area (Å²) in [7, 11) is 0. The molecular weight excluding hydrogens is 312 g/mol. The highest BCUT2D eigenvalue weighted by molar-refractivity contribution is 5.80. The van der Waals surface area contributed by atoms with Gasteiger partial charge in [0.2, 0.25) is 0 Å². The van der Waals surface area contributed by atoms with Crippen molar-refractivity contribution in [3.8, 4) is 0 Å². The van der Waals surface area contributed by atoms with Crippen LogP contribution < -0.4 is 5.32 Å². The second-order valence-corrected chi connectivity index (χ2v) is 8.17. The summed E-state index contributed by atoms with van der Waals surface area (Å²) in [5.41, 5.74) is 0.381. The normalized spacial score (nSPS) is 25.6. The average Bonchev–Trinajstić information content (AvgIpc) is 3.22. The number of likely N-dealkylation sites (tertiary alicyclic amines) is 1. The minimum absolute atomic E-state index is 0.381. The average molecular weight is 353 g/mol. The Bertz CT molecular complexity index is 414. The first-order chi connectivity index (χ1) is 12.0. The summed E-state index contributed by atoms with van der Waals surface area (Å²) in [6.45, 7) is 19.4. The Morgan fingerprint density at radius 1 is 1.24 bits per heavy atom. The standard InChI is InChI=1S/C20H40N4O/c1-6-21-19(24-11-9-20(15-24)10-12-25-16-20)22-14-18(13-17(4)5)23(7-2)8-3/h17-18H,6-16H2,1-5H3,(H,21,22). The molecule has 0 saturated carbocycles. The van der Waals surface area contributed by atoms with E-state index >= 15 is 0 Å². The van der Waals surface area contributed by atoms with E-state index in [1.54, 1.807) is 0 Å². The van der Waals surface area contributed by atoms with Crippen LogP contribution in [-0.2, 0) is 4.74 Å². The lowest BCUT2D eigenvalue weighted by atomic mass is 9.87. The Kier molecular flexibility index (Phi) is 8.01. The summed E-state index contributed by atoms with van der Waals surface area (Å²) in [6.07, 6.45) is 3.66. The van der Waals surface area contributed by atoms with E-state index in [-0.39, 0.29) is 0 Å². The van der Waals surface area contributed by atoms with Gasteiger partial charge in [0.1, 0.15) is 0 Å². The topological polar surface area (TPSA) is 40.1 Å². The second kappa shape index (κ2) is 9.77. The smallest absolute Gasteiger partial charge is 0.193 e. The van der Waals surface area contributed by atoms with Gasteiger partial charge in [0.05, 0.1) is 13.2 Å². The molecule has 2 rings (SSSR count). The van der Waals surface area contributed by atoms with Crippen LogP contribution in [0.25, 0.3) is 0 Å². The second-order valence-electron chi connectivity index (χ2n) is 8.17. The lowest BCUT2D eigenvalue weighted by Crippen LogP contribution is -2.43. The number of ether oxygens (including phenoxy) is 1. The molecular formula is C20H40N4O. The number of aliphatic imine (C=N–C) groups is 1. The van der Waals surface area contributed by atoms with E-state index in [0.717, 1.165) is 58.4 Å². The Morgan fingerprint density at radius 3 is 2.56 bits per heavy atom. The first kappa shape index (κ1) is 20.5. The highest BCUT2D eigenvalue weighted by Gasteiger charge is 2.42. The lowest BCUT2D eigenvalue weighted by molar-refractivity contribution is 0.156. The molecule has 0 aromatic rings. The van der Waals surface area contributed by atoms with Crippen LogP contribution in [0.2, 0.25) is 0 Å². The van der Waals surface area contributed by atoms with Crippen LogP contribution >= 0.6 is 0 Å². The van der Waals surface area contributed by atoms with Crippen molar-refractivity contribution in [2.45, 2.75) is 59.9 Å². The van der Waals surface area contributed by atoms with Crippen molar-refractivity contribution < 1.29 is 4.74 Å². The van der Waals surface area contributed by atoms with Crippen molar-refractivity contribution in [3.05, 3.63) is 0 Å². The van der Waals surface area contributed by atoms with Gasteiger partial charge in [-0.1, -0.05) is 27.7 Å². The summed E-state index contributed by atoms with van der Waals surface area (Å²) in [5.74, 6) is 1.81. The highest BCUT2D eigenvalue weighted by atomic mass is 16.5. The van der Waals surface area contributed by atoms with Crippen LogP contribution in [0.3, 0.4) is 0 Å². The molecule has 146 valence electrons. The highest BCUT2D eigenvalue weighted by Crippen LogP contribution is 2.38. The van der Waals surface area contributed by atoms with Crippen molar-refractivity contribution >= 4 is 5.96 Å². The van der Waals surface area contributed by atoms with Gasteiger partial charge in [0.15, 0.2) is 5.96 Å². The molecule has 0 radical (unpaired) electrons. The number of likely N-dealkylation sites (N-methyl/N-ethyl adjacent to an activating group) is 1. The summed E-state index contributed by atoms with van der Waals surface area (Å²) in [5, 5.41) is 3.53. The fourth-order valence-electron chi connectivity index (χ4n) is 4.33. The zero-order chi connectivity index (χ0) is 18.3. The molecule has 2 aliphatic rings. The summed E-state index contributed by atoms with van der Waals surface area (Å²) in [4.78, 5) is 10.1. The summed E-state index contributed by atoms with van der Waals surface area (Å²) >= 11 is 0.